The summed E-state index contributed by atoms with van der Waals surface area (Å²) in [6.45, 7) is 1.15. The molecular weight excluding hydrogens is 394 g/mol. The van der Waals surface area contributed by atoms with E-state index in [1.54, 1.807) is 18.3 Å². The fourth-order valence-corrected chi connectivity index (χ4v) is 4.15. The zero-order chi connectivity index (χ0) is 21.2. The van der Waals surface area contributed by atoms with E-state index in [4.69, 9.17) is 9.47 Å². The van der Waals surface area contributed by atoms with Gasteiger partial charge >= 0.3 is 5.97 Å². The van der Waals surface area contributed by atoms with Crippen LogP contribution in [0.5, 0.6) is 5.75 Å². The molecule has 5 rings (SSSR count). The number of carbonyl (C=O) groups excluding carboxylic acids is 2. The van der Waals surface area contributed by atoms with Crippen LogP contribution >= 0.6 is 0 Å². The highest BCUT2D eigenvalue weighted by molar-refractivity contribution is 5.94. The molecule has 7 heteroatoms. The molecule has 0 saturated carbocycles. The Balaban J connectivity index is 1.28. The number of fused-ring (bicyclic) bond motifs is 1. The molecule has 2 aliphatic heterocycles. The quantitative estimate of drug-likeness (QED) is 0.508. The van der Waals surface area contributed by atoms with Gasteiger partial charge in [-0.3, -0.25) is 14.3 Å². The van der Waals surface area contributed by atoms with Crippen molar-refractivity contribution in [3.05, 3.63) is 77.6 Å². The Morgan fingerprint density at radius 2 is 2.06 bits per heavy atom. The molecule has 1 fully saturated rings. The minimum atomic E-state index is -0.403. The molecular formula is C24H23N3O4. The lowest BCUT2D eigenvalue weighted by Gasteiger charge is -2.19. The predicted molar refractivity (Wildman–Crippen MR) is 114 cm³/mol. The first kappa shape index (κ1) is 19.5. The van der Waals surface area contributed by atoms with Crippen LogP contribution in [0.3, 0.4) is 0 Å². The summed E-state index contributed by atoms with van der Waals surface area (Å²) in [5.41, 5.74) is 3.78. The number of anilines is 1. The zero-order valence-electron chi connectivity index (χ0n) is 17.0. The van der Waals surface area contributed by atoms with Gasteiger partial charge in [0.2, 0.25) is 5.91 Å². The van der Waals surface area contributed by atoms with Gasteiger partial charge in [0, 0.05) is 36.5 Å². The molecule has 3 heterocycles. The van der Waals surface area contributed by atoms with Gasteiger partial charge in [-0.1, -0.05) is 36.4 Å². The molecule has 2 atom stereocenters. The number of nitrogens with zero attached hydrogens (tertiary/aromatic N) is 2. The molecule has 2 aromatic carbocycles. The van der Waals surface area contributed by atoms with E-state index in [-0.39, 0.29) is 18.0 Å². The number of esters is 1. The van der Waals surface area contributed by atoms with Crippen molar-refractivity contribution in [1.82, 2.24) is 9.78 Å². The van der Waals surface area contributed by atoms with E-state index in [1.807, 2.05) is 35.1 Å². The Morgan fingerprint density at radius 3 is 2.94 bits per heavy atom. The van der Waals surface area contributed by atoms with Crippen molar-refractivity contribution in [2.45, 2.75) is 31.9 Å². The van der Waals surface area contributed by atoms with Crippen molar-refractivity contribution in [3.63, 3.8) is 0 Å². The van der Waals surface area contributed by atoms with Crippen molar-refractivity contribution in [1.29, 1.82) is 0 Å². The summed E-state index contributed by atoms with van der Waals surface area (Å²) in [7, 11) is 0. The van der Waals surface area contributed by atoms with Gasteiger partial charge in [-0.2, -0.15) is 5.10 Å². The molecule has 31 heavy (non-hydrogen) atoms. The van der Waals surface area contributed by atoms with Crippen LogP contribution in [0.4, 0.5) is 5.69 Å². The Kier molecular flexibility index (Phi) is 5.26. The summed E-state index contributed by atoms with van der Waals surface area (Å²) in [6.07, 6.45) is 5.07. The second-order valence-electron chi connectivity index (χ2n) is 7.93. The van der Waals surface area contributed by atoms with E-state index >= 15 is 0 Å². The van der Waals surface area contributed by atoms with Crippen LogP contribution in [0.2, 0.25) is 0 Å². The van der Waals surface area contributed by atoms with Crippen LogP contribution < -0.4 is 10.1 Å². The Bertz CT molecular complexity index is 1110. The number of hydrogen-bond donors (Lipinski definition) is 1. The first-order valence-corrected chi connectivity index (χ1v) is 10.5. The molecule has 1 N–H and O–H groups in total. The number of amides is 1. The first-order valence-electron chi connectivity index (χ1n) is 10.5. The van der Waals surface area contributed by atoms with Gasteiger partial charge in [0.05, 0.1) is 24.8 Å². The lowest BCUT2D eigenvalue weighted by atomic mass is 9.97. The largest absolute Gasteiger partial charge is 0.426 e. The van der Waals surface area contributed by atoms with Gasteiger partial charge in [0.25, 0.3) is 0 Å². The summed E-state index contributed by atoms with van der Waals surface area (Å²) >= 11 is 0. The van der Waals surface area contributed by atoms with Gasteiger partial charge in [-0.25, -0.2) is 0 Å². The topological polar surface area (TPSA) is 82.5 Å². The highest BCUT2D eigenvalue weighted by atomic mass is 16.5. The van der Waals surface area contributed by atoms with E-state index in [0.29, 0.717) is 43.9 Å². The van der Waals surface area contributed by atoms with E-state index in [2.05, 4.69) is 22.5 Å². The Hall–Kier alpha value is -3.45. The molecule has 2 aliphatic rings. The third-order valence-electron chi connectivity index (χ3n) is 5.76. The van der Waals surface area contributed by atoms with E-state index < -0.39 is 5.92 Å². The molecule has 0 radical (unpaired) electrons. The third kappa shape index (κ3) is 4.22. The van der Waals surface area contributed by atoms with Crippen LogP contribution in [-0.2, 0) is 27.3 Å². The Labute approximate surface area is 180 Å². The monoisotopic (exact) mass is 417 g/mol. The number of ether oxygens (including phenoxy) is 2. The number of rotatable bonds is 5. The molecule has 1 amide bonds. The molecule has 3 aromatic rings. The van der Waals surface area contributed by atoms with Gasteiger partial charge in [-0.15, -0.1) is 0 Å². The van der Waals surface area contributed by atoms with Crippen molar-refractivity contribution in [2.75, 3.05) is 11.9 Å². The molecule has 7 nitrogen and oxygen atoms in total. The normalized spacial score (nSPS) is 20.2. The van der Waals surface area contributed by atoms with Crippen LogP contribution in [0.25, 0.3) is 0 Å². The minimum Gasteiger partial charge on any atom is -0.426 e. The van der Waals surface area contributed by atoms with Crippen LogP contribution in [0.1, 0.15) is 35.6 Å². The molecule has 0 spiro atoms. The van der Waals surface area contributed by atoms with Gasteiger partial charge < -0.3 is 14.8 Å². The third-order valence-corrected chi connectivity index (χ3v) is 5.76. The fraction of sp³-hybridized carbons (Fsp3) is 0.292. The molecule has 0 unspecified atom stereocenters. The second-order valence-corrected chi connectivity index (χ2v) is 7.93. The number of benzene rings is 2. The zero-order valence-corrected chi connectivity index (χ0v) is 17.0. The molecule has 158 valence electrons. The number of carbonyl (C=O) groups is 2. The molecule has 1 aromatic heterocycles. The maximum Gasteiger partial charge on any atom is 0.317 e. The lowest BCUT2D eigenvalue weighted by Crippen LogP contribution is -2.24. The highest BCUT2D eigenvalue weighted by Gasteiger charge is 2.37. The summed E-state index contributed by atoms with van der Waals surface area (Å²) in [6, 6.07) is 15.5. The van der Waals surface area contributed by atoms with Crippen molar-refractivity contribution < 1.29 is 19.1 Å². The van der Waals surface area contributed by atoms with Crippen molar-refractivity contribution in [3.8, 4) is 5.75 Å². The van der Waals surface area contributed by atoms with Crippen LogP contribution in [0, 0.1) is 5.92 Å². The molecule has 0 aliphatic carbocycles. The fourth-order valence-electron chi connectivity index (χ4n) is 4.15. The average Bonchev–Trinajstić information content (AvgIpc) is 3.43. The summed E-state index contributed by atoms with van der Waals surface area (Å²) in [4.78, 5) is 24.6. The predicted octanol–water partition coefficient (Wildman–Crippen LogP) is 3.50. The lowest BCUT2D eigenvalue weighted by molar-refractivity contribution is -0.140. The number of aryl methyl sites for hydroxylation is 1. The molecule has 0 bridgehead atoms. The summed E-state index contributed by atoms with van der Waals surface area (Å²) in [5.74, 6) is -0.329. The SMILES string of the molecule is O=C1CCc2ccc(OC(=O)[C@H]3CCO[C@@H]3c3cnn(Cc4ccccc4)c3)cc2N1. The van der Waals surface area contributed by atoms with E-state index in [1.165, 1.54) is 0 Å². The smallest absolute Gasteiger partial charge is 0.317 e. The summed E-state index contributed by atoms with van der Waals surface area (Å²) in [5, 5.41) is 7.27. The van der Waals surface area contributed by atoms with E-state index in [0.717, 1.165) is 16.7 Å². The van der Waals surface area contributed by atoms with Gasteiger partial charge in [0.1, 0.15) is 5.75 Å². The van der Waals surface area contributed by atoms with Gasteiger partial charge in [-0.05, 0) is 30.0 Å². The second kappa shape index (κ2) is 8.35. The number of aromatic nitrogens is 2. The Morgan fingerprint density at radius 1 is 1.19 bits per heavy atom. The maximum absolute atomic E-state index is 12.9. The van der Waals surface area contributed by atoms with Crippen LogP contribution in [0.15, 0.2) is 60.9 Å². The maximum atomic E-state index is 12.9. The number of nitrogens with one attached hydrogen (secondary N) is 1. The van der Waals surface area contributed by atoms with Crippen molar-refractivity contribution in [2.24, 2.45) is 5.92 Å². The first-order chi connectivity index (χ1) is 15.2. The van der Waals surface area contributed by atoms with Gasteiger partial charge in [0.15, 0.2) is 0 Å². The molecule has 1 saturated heterocycles. The minimum absolute atomic E-state index is 0.0206. The van der Waals surface area contributed by atoms with E-state index in [9.17, 15) is 9.59 Å². The number of hydrogen-bond acceptors (Lipinski definition) is 5. The average molecular weight is 417 g/mol. The highest BCUT2D eigenvalue weighted by Crippen LogP contribution is 2.36. The standard InChI is InChI=1S/C24H23N3O4/c28-22-9-7-17-6-8-19(12-21(17)26-22)31-24(29)20-10-11-30-23(20)18-13-25-27(15-18)14-16-4-2-1-3-5-16/h1-6,8,12-13,15,20,23H,7,9-11,14H2,(H,26,28)/t20-,23+/m0/s1. The summed E-state index contributed by atoms with van der Waals surface area (Å²) < 4.78 is 13.4. The van der Waals surface area contributed by atoms with Crippen molar-refractivity contribution >= 4 is 17.6 Å². The van der Waals surface area contributed by atoms with Crippen LogP contribution in [-0.4, -0.2) is 28.3 Å².